The molecule has 1 atom stereocenters. The highest BCUT2D eigenvalue weighted by molar-refractivity contribution is 5.25. The Morgan fingerprint density at radius 2 is 2.00 bits per heavy atom. The summed E-state index contributed by atoms with van der Waals surface area (Å²) in [5.41, 5.74) is 2.56. The van der Waals surface area contributed by atoms with Gasteiger partial charge in [-0.15, -0.1) is 0 Å². The third kappa shape index (κ3) is 3.31. The van der Waals surface area contributed by atoms with Crippen molar-refractivity contribution in [3.8, 4) is 0 Å². The van der Waals surface area contributed by atoms with E-state index in [1.54, 1.807) is 0 Å². The van der Waals surface area contributed by atoms with Crippen molar-refractivity contribution in [1.82, 2.24) is 4.98 Å². The third-order valence-corrected chi connectivity index (χ3v) is 2.51. The van der Waals surface area contributed by atoms with E-state index < -0.39 is 0 Å². The number of nitrogens with zero attached hydrogens (tertiary/aromatic N) is 1. The van der Waals surface area contributed by atoms with Crippen LogP contribution < -0.4 is 0 Å². The average molecular weight is 207 g/mol. The van der Waals surface area contributed by atoms with Crippen LogP contribution in [0.15, 0.2) is 18.5 Å². The Balaban J connectivity index is 2.92. The molecule has 1 aromatic heterocycles. The van der Waals surface area contributed by atoms with Gasteiger partial charge in [0.25, 0.3) is 0 Å². The predicted octanol–water partition coefficient (Wildman–Crippen LogP) is 3.48. The molecule has 0 aliphatic heterocycles. The lowest BCUT2D eigenvalue weighted by Crippen LogP contribution is -2.12. The zero-order valence-corrected chi connectivity index (χ0v) is 10.4. The molecule has 1 unspecified atom stereocenters. The van der Waals surface area contributed by atoms with E-state index in [1.165, 1.54) is 5.56 Å². The minimum absolute atomic E-state index is 0.129. The van der Waals surface area contributed by atoms with Crippen molar-refractivity contribution >= 4 is 0 Å². The van der Waals surface area contributed by atoms with Crippen molar-refractivity contribution in [3.63, 3.8) is 0 Å². The molecule has 0 aromatic carbocycles. The van der Waals surface area contributed by atoms with Crippen LogP contribution in [0.1, 0.15) is 51.8 Å². The largest absolute Gasteiger partial charge is 0.374 e. The number of aromatic nitrogens is 1. The fraction of sp³-hybridized carbons (Fsp3) is 0.615. The Labute approximate surface area is 92.7 Å². The molecule has 0 fully saturated rings. The molecule has 2 nitrogen and oxygen atoms in total. The maximum atomic E-state index is 5.56. The first-order chi connectivity index (χ1) is 6.95. The van der Waals surface area contributed by atoms with Gasteiger partial charge in [-0.2, -0.15) is 0 Å². The van der Waals surface area contributed by atoms with Crippen LogP contribution in [0.4, 0.5) is 0 Å². The highest BCUT2D eigenvalue weighted by Gasteiger charge is 2.15. The van der Waals surface area contributed by atoms with E-state index in [1.807, 2.05) is 19.3 Å². The van der Waals surface area contributed by atoms with Gasteiger partial charge in [-0.05, 0) is 36.5 Å². The first-order valence-corrected chi connectivity index (χ1v) is 5.52. The van der Waals surface area contributed by atoms with Gasteiger partial charge in [0.05, 0.1) is 6.10 Å². The first kappa shape index (κ1) is 12.2. The zero-order chi connectivity index (χ0) is 11.5. The molecule has 0 amide bonds. The summed E-state index contributed by atoms with van der Waals surface area (Å²) in [5.74, 6) is 0. The van der Waals surface area contributed by atoms with Gasteiger partial charge in [0, 0.05) is 19.0 Å². The number of pyridine rings is 1. The fourth-order valence-electron chi connectivity index (χ4n) is 1.44. The predicted molar refractivity (Wildman–Crippen MR) is 63.0 cm³/mol. The molecule has 0 bridgehead atoms. The SMILES string of the molecule is CCOC(C)c1cncc(C(C)(C)C)c1. The topological polar surface area (TPSA) is 22.1 Å². The number of hydrogen-bond donors (Lipinski definition) is 0. The zero-order valence-electron chi connectivity index (χ0n) is 10.4. The molecule has 0 N–H and O–H groups in total. The van der Waals surface area contributed by atoms with Crippen molar-refractivity contribution in [2.75, 3.05) is 6.61 Å². The second-order valence-electron chi connectivity index (χ2n) is 4.85. The highest BCUT2D eigenvalue weighted by Crippen LogP contribution is 2.24. The van der Waals surface area contributed by atoms with Crippen molar-refractivity contribution in [2.24, 2.45) is 0 Å². The smallest absolute Gasteiger partial charge is 0.0811 e. The summed E-state index contributed by atoms with van der Waals surface area (Å²) in [6.45, 7) is 11.4. The lowest BCUT2D eigenvalue weighted by molar-refractivity contribution is 0.0760. The van der Waals surface area contributed by atoms with E-state index in [0.29, 0.717) is 0 Å². The van der Waals surface area contributed by atoms with Gasteiger partial charge in [-0.1, -0.05) is 20.8 Å². The van der Waals surface area contributed by atoms with Gasteiger partial charge in [0.1, 0.15) is 0 Å². The Morgan fingerprint density at radius 1 is 1.33 bits per heavy atom. The van der Waals surface area contributed by atoms with Crippen LogP contribution in [-0.4, -0.2) is 11.6 Å². The quantitative estimate of drug-likeness (QED) is 0.757. The van der Waals surface area contributed by atoms with Crippen LogP contribution in [0.2, 0.25) is 0 Å². The molecule has 15 heavy (non-hydrogen) atoms. The van der Waals surface area contributed by atoms with Gasteiger partial charge in [-0.3, -0.25) is 4.98 Å². The van der Waals surface area contributed by atoms with Crippen LogP contribution in [-0.2, 0) is 10.2 Å². The third-order valence-electron chi connectivity index (χ3n) is 2.51. The molecular weight excluding hydrogens is 186 g/mol. The second kappa shape index (κ2) is 4.75. The summed E-state index contributed by atoms with van der Waals surface area (Å²) in [4.78, 5) is 4.27. The Bertz CT molecular complexity index is 315. The van der Waals surface area contributed by atoms with Gasteiger partial charge >= 0.3 is 0 Å². The molecule has 1 aromatic rings. The van der Waals surface area contributed by atoms with Crippen molar-refractivity contribution in [3.05, 3.63) is 29.6 Å². The standard InChI is InChI=1S/C13H21NO/c1-6-15-10(2)11-7-12(9-14-8-11)13(3,4)5/h7-10H,6H2,1-5H3. The number of rotatable bonds is 3. The van der Waals surface area contributed by atoms with Gasteiger partial charge in [-0.25, -0.2) is 0 Å². The lowest BCUT2D eigenvalue weighted by Gasteiger charge is -2.20. The molecule has 0 aliphatic rings. The van der Waals surface area contributed by atoms with Crippen LogP contribution in [0.5, 0.6) is 0 Å². The summed E-state index contributed by atoms with van der Waals surface area (Å²) < 4.78 is 5.56. The summed E-state index contributed by atoms with van der Waals surface area (Å²) in [6.07, 6.45) is 3.95. The monoisotopic (exact) mass is 207 g/mol. The molecular formula is C13H21NO. The van der Waals surface area contributed by atoms with Gasteiger partial charge in [0.2, 0.25) is 0 Å². The lowest BCUT2D eigenvalue weighted by atomic mass is 9.87. The normalized spacial score (nSPS) is 13.9. The van der Waals surface area contributed by atoms with Crippen LogP contribution in [0.3, 0.4) is 0 Å². The molecule has 0 spiro atoms. The molecule has 1 rings (SSSR count). The Morgan fingerprint density at radius 3 is 2.53 bits per heavy atom. The summed E-state index contributed by atoms with van der Waals surface area (Å²) >= 11 is 0. The van der Waals surface area contributed by atoms with E-state index in [4.69, 9.17) is 4.74 Å². The summed E-state index contributed by atoms with van der Waals surface area (Å²) in [7, 11) is 0. The molecule has 1 heterocycles. The van der Waals surface area contributed by atoms with Crippen molar-refractivity contribution in [2.45, 2.75) is 46.1 Å². The summed E-state index contributed by atoms with van der Waals surface area (Å²) in [6, 6.07) is 2.19. The van der Waals surface area contributed by atoms with Gasteiger partial charge in [0.15, 0.2) is 0 Å². The van der Waals surface area contributed by atoms with Gasteiger partial charge < -0.3 is 4.74 Å². The minimum Gasteiger partial charge on any atom is -0.374 e. The maximum absolute atomic E-state index is 5.56. The fourth-order valence-corrected chi connectivity index (χ4v) is 1.44. The van der Waals surface area contributed by atoms with Crippen molar-refractivity contribution < 1.29 is 4.74 Å². The number of hydrogen-bond acceptors (Lipinski definition) is 2. The van der Waals surface area contributed by atoms with E-state index in [-0.39, 0.29) is 11.5 Å². The second-order valence-corrected chi connectivity index (χ2v) is 4.85. The van der Waals surface area contributed by atoms with E-state index in [2.05, 4.69) is 38.7 Å². The van der Waals surface area contributed by atoms with Crippen LogP contribution in [0.25, 0.3) is 0 Å². The molecule has 0 saturated carbocycles. The van der Waals surface area contributed by atoms with Crippen LogP contribution in [0, 0.1) is 0 Å². The van der Waals surface area contributed by atoms with E-state index in [9.17, 15) is 0 Å². The molecule has 0 saturated heterocycles. The van der Waals surface area contributed by atoms with Crippen LogP contribution >= 0.6 is 0 Å². The Kier molecular flexibility index (Phi) is 3.86. The highest BCUT2D eigenvalue weighted by atomic mass is 16.5. The average Bonchev–Trinajstić information content (AvgIpc) is 2.17. The minimum atomic E-state index is 0.129. The summed E-state index contributed by atoms with van der Waals surface area (Å²) in [5, 5.41) is 0. The first-order valence-electron chi connectivity index (χ1n) is 5.52. The van der Waals surface area contributed by atoms with E-state index >= 15 is 0 Å². The van der Waals surface area contributed by atoms with Crippen molar-refractivity contribution in [1.29, 1.82) is 0 Å². The molecule has 0 aliphatic carbocycles. The molecule has 2 heteroatoms. The Hall–Kier alpha value is -0.890. The maximum Gasteiger partial charge on any atom is 0.0811 e. The molecule has 84 valence electrons. The van der Waals surface area contributed by atoms with E-state index in [0.717, 1.165) is 12.2 Å². The number of ether oxygens (including phenoxy) is 1. The molecule has 0 radical (unpaired) electrons.